The van der Waals surface area contributed by atoms with Crippen molar-refractivity contribution < 1.29 is 17.9 Å². The molecule has 0 radical (unpaired) electrons. The van der Waals surface area contributed by atoms with Crippen LogP contribution in [-0.2, 0) is 0 Å². The van der Waals surface area contributed by atoms with Crippen LogP contribution in [0.2, 0.25) is 0 Å². The third-order valence-corrected chi connectivity index (χ3v) is 3.95. The molecule has 0 saturated heterocycles. The van der Waals surface area contributed by atoms with E-state index in [1.54, 1.807) is 18.3 Å². The van der Waals surface area contributed by atoms with Gasteiger partial charge in [-0.1, -0.05) is 0 Å². The summed E-state index contributed by atoms with van der Waals surface area (Å²) in [5, 5.41) is 3.87. The van der Waals surface area contributed by atoms with E-state index < -0.39 is 6.36 Å². The van der Waals surface area contributed by atoms with Crippen LogP contribution < -0.4 is 10.1 Å². The molecule has 1 atom stereocenters. The Bertz CT molecular complexity index is 566. The van der Waals surface area contributed by atoms with Crippen molar-refractivity contribution in [3.63, 3.8) is 0 Å². The van der Waals surface area contributed by atoms with Gasteiger partial charge in [0.25, 0.3) is 0 Å². The lowest BCUT2D eigenvalue weighted by atomic mass is 10.2. The Hall–Kier alpha value is -1.60. The molecule has 1 heterocycles. The lowest BCUT2D eigenvalue weighted by Gasteiger charge is -2.08. The zero-order chi connectivity index (χ0) is 14.8. The maximum atomic E-state index is 12.1. The number of benzene rings is 1. The lowest BCUT2D eigenvalue weighted by molar-refractivity contribution is -0.274. The van der Waals surface area contributed by atoms with E-state index in [0.717, 1.165) is 15.4 Å². The van der Waals surface area contributed by atoms with Crippen LogP contribution in [0.25, 0.3) is 10.6 Å². The van der Waals surface area contributed by atoms with Crippen LogP contribution in [0, 0.1) is 0 Å². The smallest absolute Gasteiger partial charge is 0.406 e. The quantitative estimate of drug-likeness (QED) is 0.927. The number of ether oxygens (including phenoxy) is 1. The minimum atomic E-state index is -4.67. The predicted molar refractivity (Wildman–Crippen MR) is 71.7 cm³/mol. The molecule has 7 heteroatoms. The van der Waals surface area contributed by atoms with Crippen molar-refractivity contribution in [3.05, 3.63) is 35.3 Å². The highest BCUT2D eigenvalue weighted by Gasteiger charge is 2.30. The highest BCUT2D eigenvalue weighted by atomic mass is 32.1. The zero-order valence-electron chi connectivity index (χ0n) is 10.9. The van der Waals surface area contributed by atoms with Gasteiger partial charge in [-0.25, -0.2) is 4.98 Å². The number of aromatic nitrogens is 1. The van der Waals surface area contributed by atoms with E-state index in [9.17, 15) is 13.2 Å². The largest absolute Gasteiger partial charge is 0.573 e. The first-order chi connectivity index (χ1) is 9.39. The standard InChI is InChI=1S/C13H13F3N2OS/c1-8(17-2)11-7-18-12(20-11)9-3-5-10(6-4-9)19-13(14,15)16/h3-8,17H,1-2H3. The molecule has 108 valence electrons. The van der Waals surface area contributed by atoms with Crippen molar-refractivity contribution in [2.24, 2.45) is 0 Å². The summed E-state index contributed by atoms with van der Waals surface area (Å²) in [5.74, 6) is -0.235. The minimum absolute atomic E-state index is 0.189. The van der Waals surface area contributed by atoms with Gasteiger partial charge in [0, 0.05) is 22.7 Å². The first kappa shape index (κ1) is 14.8. The zero-order valence-corrected chi connectivity index (χ0v) is 11.7. The summed E-state index contributed by atoms with van der Waals surface area (Å²) in [6.07, 6.45) is -2.90. The Morgan fingerprint density at radius 2 is 1.90 bits per heavy atom. The van der Waals surface area contributed by atoms with E-state index in [-0.39, 0.29) is 11.8 Å². The molecule has 2 aromatic rings. The number of hydrogen-bond acceptors (Lipinski definition) is 4. The number of nitrogens with zero attached hydrogens (tertiary/aromatic N) is 1. The molecule has 0 aliphatic carbocycles. The Kier molecular flexibility index (Phi) is 4.29. The van der Waals surface area contributed by atoms with Gasteiger partial charge in [0.2, 0.25) is 0 Å². The summed E-state index contributed by atoms with van der Waals surface area (Å²) >= 11 is 1.50. The van der Waals surface area contributed by atoms with E-state index in [1.165, 1.54) is 23.5 Å². The van der Waals surface area contributed by atoms with Crippen molar-refractivity contribution in [3.8, 4) is 16.3 Å². The second kappa shape index (κ2) is 5.80. The van der Waals surface area contributed by atoms with Crippen LogP contribution in [0.5, 0.6) is 5.75 Å². The van der Waals surface area contributed by atoms with Crippen molar-refractivity contribution in [1.82, 2.24) is 10.3 Å². The number of halogens is 3. The molecule has 0 aliphatic rings. The van der Waals surface area contributed by atoms with Crippen LogP contribution in [0.1, 0.15) is 17.8 Å². The summed E-state index contributed by atoms with van der Waals surface area (Å²) in [4.78, 5) is 5.34. The molecule has 3 nitrogen and oxygen atoms in total. The van der Waals surface area contributed by atoms with E-state index in [1.807, 2.05) is 14.0 Å². The Morgan fingerprint density at radius 3 is 2.45 bits per heavy atom. The molecule has 0 spiro atoms. The summed E-state index contributed by atoms with van der Waals surface area (Å²) in [6, 6.07) is 5.88. The monoisotopic (exact) mass is 302 g/mol. The average molecular weight is 302 g/mol. The first-order valence-electron chi connectivity index (χ1n) is 5.88. The SMILES string of the molecule is CNC(C)c1cnc(-c2ccc(OC(F)(F)F)cc2)s1. The second-order valence-electron chi connectivity index (χ2n) is 4.15. The molecule has 1 unspecified atom stereocenters. The fraction of sp³-hybridized carbons (Fsp3) is 0.308. The van der Waals surface area contributed by atoms with Gasteiger partial charge in [-0.15, -0.1) is 24.5 Å². The number of rotatable bonds is 4. The van der Waals surface area contributed by atoms with Crippen LogP contribution in [0.15, 0.2) is 30.5 Å². The topological polar surface area (TPSA) is 34.2 Å². The van der Waals surface area contributed by atoms with Gasteiger partial charge in [-0.2, -0.15) is 0 Å². The minimum Gasteiger partial charge on any atom is -0.406 e. The molecule has 0 aliphatic heterocycles. The van der Waals surface area contributed by atoms with E-state index in [4.69, 9.17) is 0 Å². The molecule has 2 rings (SSSR count). The van der Waals surface area contributed by atoms with Crippen molar-refractivity contribution in [2.45, 2.75) is 19.3 Å². The number of hydrogen-bond donors (Lipinski definition) is 1. The van der Waals surface area contributed by atoms with E-state index >= 15 is 0 Å². The van der Waals surface area contributed by atoms with Crippen molar-refractivity contribution >= 4 is 11.3 Å². The molecule has 20 heavy (non-hydrogen) atoms. The van der Waals surface area contributed by atoms with Crippen molar-refractivity contribution in [1.29, 1.82) is 0 Å². The average Bonchev–Trinajstić information content (AvgIpc) is 2.86. The van der Waals surface area contributed by atoms with Gasteiger partial charge in [0.05, 0.1) is 0 Å². The maximum Gasteiger partial charge on any atom is 0.573 e. The molecule has 1 aromatic carbocycles. The Morgan fingerprint density at radius 1 is 1.25 bits per heavy atom. The van der Waals surface area contributed by atoms with Gasteiger partial charge < -0.3 is 10.1 Å². The van der Waals surface area contributed by atoms with Gasteiger partial charge in [-0.3, -0.25) is 0 Å². The number of thiazole rings is 1. The fourth-order valence-electron chi connectivity index (χ4n) is 1.56. The number of alkyl halides is 3. The normalized spacial score (nSPS) is 13.2. The molecule has 0 saturated carbocycles. The lowest BCUT2D eigenvalue weighted by Crippen LogP contribution is -2.16. The molecule has 0 fully saturated rings. The summed E-state index contributed by atoms with van der Waals surface area (Å²) in [5.41, 5.74) is 0.763. The van der Waals surface area contributed by atoms with Crippen LogP contribution in [0.4, 0.5) is 13.2 Å². The molecule has 1 N–H and O–H groups in total. The molecule has 1 aromatic heterocycles. The highest BCUT2D eigenvalue weighted by molar-refractivity contribution is 7.15. The van der Waals surface area contributed by atoms with Gasteiger partial charge in [0.1, 0.15) is 10.8 Å². The van der Waals surface area contributed by atoms with Gasteiger partial charge in [0.15, 0.2) is 0 Å². The molecular formula is C13H13F3N2OS. The third kappa shape index (κ3) is 3.71. The molecular weight excluding hydrogens is 289 g/mol. The molecule has 0 bridgehead atoms. The number of nitrogens with one attached hydrogen (secondary N) is 1. The summed E-state index contributed by atoms with van der Waals surface area (Å²) in [6.45, 7) is 2.01. The van der Waals surface area contributed by atoms with Crippen LogP contribution >= 0.6 is 11.3 Å². The second-order valence-corrected chi connectivity index (χ2v) is 5.21. The Balaban J connectivity index is 2.15. The third-order valence-electron chi connectivity index (χ3n) is 2.72. The highest BCUT2D eigenvalue weighted by Crippen LogP contribution is 2.30. The van der Waals surface area contributed by atoms with E-state index in [0.29, 0.717) is 0 Å². The van der Waals surface area contributed by atoms with Gasteiger partial charge in [-0.05, 0) is 38.2 Å². The van der Waals surface area contributed by atoms with Crippen molar-refractivity contribution in [2.75, 3.05) is 7.05 Å². The first-order valence-corrected chi connectivity index (χ1v) is 6.70. The fourth-order valence-corrected chi connectivity index (χ4v) is 2.54. The van der Waals surface area contributed by atoms with Crippen LogP contribution in [0.3, 0.4) is 0 Å². The van der Waals surface area contributed by atoms with Crippen LogP contribution in [-0.4, -0.2) is 18.4 Å². The van der Waals surface area contributed by atoms with E-state index in [2.05, 4.69) is 15.0 Å². The summed E-state index contributed by atoms with van der Waals surface area (Å²) in [7, 11) is 1.85. The van der Waals surface area contributed by atoms with Gasteiger partial charge >= 0.3 is 6.36 Å². The predicted octanol–water partition coefficient (Wildman–Crippen LogP) is 3.99. The Labute approximate surface area is 118 Å². The summed E-state index contributed by atoms with van der Waals surface area (Å²) < 4.78 is 40.0. The maximum absolute atomic E-state index is 12.1. The molecule has 0 amide bonds.